The van der Waals surface area contributed by atoms with Crippen LogP contribution in [0.5, 0.6) is 0 Å². The minimum Gasteiger partial charge on any atom is -0.321 e. The third-order valence-corrected chi connectivity index (χ3v) is 6.34. The van der Waals surface area contributed by atoms with Crippen LogP contribution in [0.2, 0.25) is 0 Å². The van der Waals surface area contributed by atoms with E-state index in [0.29, 0.717) is 5.56 Å². The van der Waals surface area contributed by atoms with Crippen molar-refractivity contribution < 1.29 is 13.2 Å². The van der Waals surface area contributed by atoms with Crippen LogP contribution < -0.4 is 5.32 Å². The molecule has 5 nitrogen and oxygen atoms in total. The van der Waals surface area contributed by atoms with E-state index >= 15 is 0 Å². The smallest absolute Gasteiger partial charge is 0.255 e. The van der Waals surface area contributed by atoms with Gasteiger partial charge in [-0.25, -0.2) is 12.7 Å². The van der Waals surface area contributed by atoms with Gasteiger partial charge in [-0.15, -0.1) is 0 Å². The molecule has 0 aromatic heterocycles. The summed E-state index contributed by atoms with van der Waals surface area (Å²) in [5.74, 6) is 0.289. The zero-order valence-electron chi connectivity index (χ0n) is 16.8. The summed E-state index contributed by atoms with van der Waals surface area (Å²) in [6.07, 6.45) is 0. The summed E-state index contributed by atoms with van der Waals surface area (Å²) in [5.41, 5.74) is 3.43. The van der Waals surface area contributed by atoms with E-state index in [9.17, 15) is 13.2 Å². The van der Waals surface area contributed by atoms with Crippen LogP contribution in [0.15, 0.2) is 47.4 Å². The lowest BCUT2D eigenvalue weighted by Gasteiger charge is -2.20. The first-order chi connectivity index (χ1) is 12.6. The second-order valence-electron chi connectivity index (χ2n) is 7.39. The van der Waals surface area contributed by atoms with E-state index < -0.39 is 10.0 Å². The highest BCUT2D eigenvalue weighted by Crippen LogP contribution is 2.32. The molecule has 0 aliphatic heterocycles. The molecule has 0 atom stereocenters. The van der Waals surface area contributed by atoms with Gasteiger partial charge in [0, 0.05) is 25.3 Å². The molecule has 0 saturated heterocycles. The van der Waals surface area contributed by atoms with Crippen LogP contribution in [0.3, 0.4) is 0 Å². The highest BCUT2D eigenvalue weighted by atomic mass is 32.2. The molecule has 2 rings (SSSR count). The normalized spacial score (nSPS) is 12.0. The highest BCUT2D eigenvalue weighted by Gasteiger charge is 2.19. The molecule has 27 heavy (non-hydrogen) atoms. The summed E-state index contributed by atoms with van der Waals surface area (Å²) >= 11 is 0. The van der Waals surface area contributed by atoms with Crippen molar-refractivity contribution in [2.45, 2.75) is 44.4 Å². The number of carbonyl (C=O) groups is 1. The van der Waals surface area contributed by atoms with Crippen molar-refractivity contribution in [3.63, 3.8) is 0 Å². The van der Waals surface area contributed by atoms with E-state index in [1.165, 1.54) is 26.2 Å². The first-order valence-corrected chi connectivity index (χ1v) is 10.5. The van der Waals surface area contributed by atoms with Gasteiger partial charge in [-0.3, -0.25) is 4.79 Å². The molecule has 0 heterocycles. The van der Waals surface area contributed by atoms with Crippen LogP contribution >= 0.6 is 0 Å². The van der Waals surface area contributed by atoms with E-state index in [4.69, 9.17) is 0 Å². The summed E-state index contributed by atoms with van der Waals surface area (Å²) in [5, 5.41) is 3.04. The molecule has 0 aliphatic carbocycles. The number of hydrogen-bond acceptors (Lipinski definition) is 3. The third-order valence-electron chi connectivity index (χ3n) is 4.51. The molecule has 0 aliphatic rings. The van der Waals surface area contributed by atoms with Gasteiger partial charge in [-0.1, -0.05) is 45.9 Å². The minimum atomic E-state index is -3.51. The van der Waals surface area contributed by atoms with Crippen LogP contribution in [0, 0.1) is 0 Å². The van der Waals surface area contributed by atoms with Gasteiger partial charge >= 0.3 is 0 Å². The van der Waals surface area contributed by atoms with Crippen molar-refractivity contribution in [1.82, 2.24) is 4.31 Å². The number of rotatable bonds is 6. The van der Waals surface area contributed by atoms with Crippen LogP contribution in [0.4, 0.5) is 5.69 Å². The number of nitrogens with zero attached hydrogens (tertiary/aromatic N) is 1. The summed E-state index contributed by atoms with van der Waals surface area (Å²) in [7, 11) is -0.556. The van der Waals surface area contributed by atoms with Gasteiger partial charge in [0.1, 0.15) is 0 Å². The molecule has 2 aromatic rings. The number of carbonyl (C=O) groups excluding carboxylic acids is 1. The maximum atomic E-state index is 12.8. The Labute approximate surface area is 162 Å². The van der Waals surface area contributed by atoms with Gasteiger partial charge in [0.05, 0.1) is 4.90 Å². The topological polar surface area (TPSA) is 66.5 Å². The summed E-state index contributed by atoms with van der Waals surface area (Å²) in [6, 6.07) is 12.1. The molecular weight excluding hydrogens is 360 g/mol. The zero-order valence-corrected chi connectivity index (χ0v) is 17.6. The molecule has 0 bridgehead atoms. The first-order valence-electron chi connectivity index (χ1n) is 9.02. The largest absolute Gasteiger partial charge is 0.321 e. The number of benzene rings is 2. The van der Waals surface area contributed by atoms with Gasteiger partial charge in [0.2, 0.25) is 10.0 Å². The first kappa shape index (κ1) is 21.1. The third kappa shape index (κ3) is 4.57. The van der Waals surface area contributed by atoms with E-state index in [1.54, 1.807) is 12.1 Å². The van der Waals surface area contributed by atoms with E-state index in [-0.39, 0.29) is 22.6 Å². The molecule has 0 fully saturated rings. The number of para-hydroxylation sites is 1. The van der Waals surface area contributed by atoms with Gasteiger partial charge < -0.3 is 5.32 Å². The van der Waals surface area contributed by atoms with Gasteiger partial charge in [0.25, 0.3) is 5.91 Å². The van der Waals surface area contributed by atoms with Crippen molar-refractivity contribution in [1.29, 1.82) is 0 Å². The molecule has 0 spiro atoms. The average Bonchev–Trinajstić information content (AvgIpc) is 2.61. The van der Waals surface area contributed by atoms with Crippen molar-refractivity contribution in [3.8, 4) is 0 Å². The Hall–Kier alpha value is -2.18. The Balaban J connectivity index is 2.36. The summed E-state index contributed by atoms with van der Waals surface area (Å²) in [6.45, 7) is 8.37. The van der Waals surface area contributed by atoms with E-state index in [1.807, 2.05) is 18.2 Å². The Kier molecular flexibility index (Phi) is 6.44. The number of amides is 1. The highest BCUT2D eigenvalue weighted by molar-refractivity contribution is 7.89. The quantitative estimate of drug-likeness (QED) is 0.796. The summed E-state index contributed by atoms with van der Waals surface area (Å²) in [4.78, 5) is 12.9. The van der Waals surface area contributed by atoms with Crippen molar-refractivity contribution in [2.75, 3.05) is 19.4 Å². The maximum Gasteiger partial charge on any atom is 0.255 e. The fraction of sp³-hybridized carbons (Fsp3) is 0.381. The zero-order chi connectivity index (χ0) is 20.4. The Morgan fingerprint density at radius 1 is 0.889 bits per heavy atom. The molecule has 0 unspecified atom stereocenters. The number of hydrogen-bond donors (Lipinski definition) is 1. The van der Waals surface area contributed by atoms with Crippen LogP contribution in [-0.2, 0) is 10.0 Å². The minimum absolute atomic E-state index is 0.162. The molecule has 2 aromatic carbocycles. The molecular formula is C21H28N2O3S. The fourth-order valence-corrected chi connectivity index (χ4v) is 3.77. The van der Waals surface area contributed by atoms with E-state index in [2.05, 4.69) is 33.0 Å². The van der Waals surface area contributed by atoms with Crippen molar-refractivity contribution >= 4 is 21.6 Å². The fourth-order valence-electron chi connectivity index (χ4n) is 2.87. The van der Waals surface area contributed by atoms with E-state index in [0.717, 1.165) is 21.1 Å². The second-order valence-corrected chi connectivity index (χ2v) is 9.54. The number of anilines is 1. The Morgan fingerprint density at radius 2 is 1.37 bits per heavy atom. The molecule has 0 radical (unpaired) electrons. The lowest BCUT2D eigenvalue weighted by atomic mass is 9.92. The maximum absolute atomic E-state index is 12.8. The van der Waals surface area contributed by atoms with Crippen LogP contribution in [0.1, 0.15) is 61.0 Å². The molecule has 0 saturated carbocycles. The SMILES string of the molecule is CC(C)c1cccc(C(C)C)c1NC(=O)c1ccc(S(=O)(=O)N(C)C)cc1. The van der Waals surface area contributed by atoms with Gasteiger partial charge in [-0.05, 0) is 47.2 Å². The molecule has 6 heteroatoms. The summed E-state index contributed by atoms with van der Waals surface area (Å²) < 4.78 is 25.5. The van der Waals surface area contributed by atoms with Crippen molar-refractivity contribution in [3.05, 3.63) is 59.2 Å². The molecule has 1 N–H and O–H groups in total. The van der Waals surface area contributed by atoms with Crippen molar-refractivity contribution in [2.24, 2.45) is 0 Å². The number of sulfonamides is 1. The Bertz CT molecular complexity index is 889. The lowest BCUT2D eigenvalue weighted by Crippen LogP contribution is -2.22. The predicted octanol–water partition coefficient (Wildman–Crippen LogP) is 4.44. The standard InChI is InChI=1S/C21H28N2O3S/c1-14(2)18-8-7-9-19(15(3)4)20(18)22-21(24)16-10-12-17(13-11-16)27(25,26)23(5)6/h7-15H,1-6H3,(H,22,24). The average molecular weight is 389 g/mol. The molecule has 146 valence electrons. The monoisotopic (exact) mass is 388 g/mol. The van der Waals surface area contributed by atoms with Gasteiger partial charge in [-0.2, -0.15) is 0 Å². The predicted molar refractivity (Wildman–Crippen MR) is 110 cm³/mol. The number of nitrogens with one attached hydrogen (secondary N) is 1. The lowest BCUT2D eigenvalue weighted by molar-refractivity contribution is 0.102. The second kappa shape index (κ2) is 8.23. The van der Waals surface area contributed by atoms with Crippen LogP contribution in [0.25, 0.3) is 0 Å². The van der Waals surface area contributed by atoms with Gasteiger partial charge in [0.15, 0.2) is 0 Å². The van der Waals surface area contributed by atoms with Crippen LogP contribution in [-0.4, -0.2) is 32.7 Å². The Morgan fingerprint density at radius 3 is 1.78 bits per heavy atom. The molecule has 1 amide bonds.